The zero-order valence-electron chi connectivity index (χ0n) is 13.5. The fourth-order valence-corrected chi connectivity index (χ4v) is 1.69. The van der Waals surface area contributed by atoms with Crippen LogP contribution in [0.4, 0.5) is 0 Å². The third-order valence-electron chi connectivity index (χ3n) is 2.50. The monoisotopic (exact) mass is 318 g/mol. The van der Waals surface area contributed by atoms with Gasteiger partial charge in [0.2, 0.25) is 0 Å². The normalized spacial score (nSPS) is 20.3. The molecule has 0 amide bonds. The Hall–Kier alpha value is -1.67. The zero-order chi connectivity index (χ0) is 17.0. The van der Waals surface area contributed by atoms with Crippen molar-refractivity contribution < 1.29 is 38.1 Å². The molecule has 1 rings (SSSR count). The van der Waals surface area contributed by atoms with E-state index in [-0.39, 0.29) is 19.8 Å². The lowest BCUT2D eigenvalue weighted by Crippen LogP contribution is -2.51. The topological polar surface area (TPSA) is 97.4 Å². The van der Waals surface area contributed by atoms with E-state index in [0.29, 0.717) is 0 Å². The van der Waals surface area contributed by atoms with Crippen LogP contribution in [0.2, 0.25) is 0 Å². The number of hydrogen-bond donors (Lipinski definition) is 0. The number of ether oxygens (including phenoxy) is 5. The molecular weight excluding hydrogens is 296 g/mol. The third kappa shape index (κ3) is 4.17. The van der Waals surface area contributed by atoms with Gasteiger partial charge in [0.1, 0.15) is 5.60 Å². The minimum absolute atomic E-state index is 0.0177. The quantitative estimate of drug-likeness (QED) is 0.412. The summed E-state index contributed by atoms with van der Waals surface area (Å²) in [6.07, 6.45) is -1.21. The summed E-state index contributed by atoms with van der Waals surface area (Å²) in [5.74, 6) is -5.23. The van der Waals surface area contributed by atoms with Crippen LogP contribution in [0, 0.1) is 0 Å². The average molecular weight is 318 g/mol. The maximum absolute atomic E-state index is 12.0. The van der Waals surface area contributed by atoms with Gasteiger partial charge in [-0.15, -0.1) is 0 Å². The van der Waals surface area contributed by atoms with Crippen LogP contribution in [0.15, 0.2) is 0 Å². The largest absolute Gasteiger partial charge is 0.462 e. The van der Waals surface area contributed by atoms with E-state index in [2.05, 4.69) is 0 Å². The molecule has 0 saturated carbocycles. The molecule has 0 aliphatic carbocycles. The molecule has 8 nitrogen and oxygen atoms in total. The molecule has 0 spiro atoms. The Labute approximate surface area is 129 Å². The molecule has 126 valence electrons. The molecule has 0 aromatic heterocycles. The van der Waals surface area contributed by atoms with Gasteiger partial charge >= 0.3 is 23.7 Å². The lowest BCUT2D eigenvalue weighted by Gasteiger charge is -2.24. The Morgan fingerprint density at radius 2 is 1.59 bits per heavy atom. The molecule has 22 heavy (non-hydrogen) atoms. The van der Waals surface area contributed by atoms with Crippen LogP contribution in [-0.2, 0) is 38.1 Å². The first-order valence-electron chi connectivity index (χ1n) is 7.05. The predicted molar refractivity (Wildman–Crippen MR) is 72.7 cm³/mol. The van der Waals surface area contributed by atoms with E-state index in [0.717, 1.165) is 0 Å². The smallest absolute Gasteiger partial charge is 0.379 e. The van der Waals surface area contributed by atoms with Crippen molar-refractivity contribution in [3.8, 4) is 0 Å². The molecule has 1 heterocycles. The Morgan fingerprint density at radius 1 is 1.09 bits per heavy atom. The van der Waals surface area contributed by atoms with E-state index in [1.807, 2.05) is 0 Å². The number of hydrogen-bond acceptors (Lipinski definition) is 8. The number of rotatable bonds is 5. The van der Waals surface area contributed by atoms with Gasteiger partial charge in [0, 0.05) is 0 Å². The number of carbonyl (C=O) groups is 3. The molecule has 0 unspecified atom stereocenters. The van der Waals surface area contributed by atoms with Crippen molar-refractivity contribution in [3.63, 3.8) is 0 Å². The first-order chi connectivity index (χ1) is 10.2. The Bertz CT molecular complexity index is 419. The van der Waals surface area contributed by atoms with Gasteiger partial charge < -0.3 is 23.7 Å². The van der Waals surface area contributed by atoms with Gasteiger partial charge in [-0.25, -0.2) is 14.4 Å². The van der Waals surface area contributed by atoms with Crippen molar-refractivity contribution in [1.29, 1.82) is 0 Å². The van der Waals surface area contributed by atoms with Crippen molar-refractivity contribution in [1.82, 2.24) is 0 Å². The lowest BCUT2D eigenvalue weighted by atomic mass is 10.2. The fraction of sp³-hybridized carbons (Fsp3) is 0.786. The van der Waals surface area contributed by atoms with Crippen LogP contribution in [-0.4, -0.2) is 55.2 Å². The minimum Gasteiger partial charge on any atom is -0.462 e. The highest BCUT2D eigenvalue weighted by Gasteiger charge is 2.60. The Morgan fingerprint density at radius 3 is 2.00 bits per heavy atom. The Balaban J connectivity index is 2.91. The first kappa shape index (κ1) is 18.4. The highest BCUT2D eigenvalue weighted by molar-refractivity contribution is 6.02. The van der Waals surface area contributed by atoms with Crippen LogP contribution in [0.25, 0.3) is 0 Å². The molecule has 0 aromatic carbocycles. The molecule has 0 N–H and O–H groups in total. The third-order valence-corrected chi connectivity index (χ3v) is 2.50. The highest BCUT2D eigenvalue weighted by Crippen LogP contribution is 2.28. The average Bonchev–Trinajstić information content (AvgIpc) is 2.83. The lowest BCUT2D eigenvalue weighted by molar-refractivity contribution is -0.226. The number of esters is 3. The SMILES string of the molecule is CCOC(=O)C1(C(=O)OCC)OC[C@H](C(=O)OC(C)(C)C)O1. The van der Waals surface area contributed by atoms with Crippen molar-refractivity contribution in [2.45, 2.75) is 52.1 Å². The van der Waals surface area contributed by atoms with Gasteiger partial charge in [0.15, 0.2) is 6.10 Å². The van der Waals surface area contributed by atoms with Gasteiger partial charge in [0.25, 0.3) is 0 Å². The number of carbonyl (C=O) groups excluding carboxylic acids is 3. The molecular formula is C14H22O8. The van der Waals surface area contributed by atoms with Gasteiger partial charge in [-0.05, 0) is 34.6 Å². The van der Waals surface area contributed by atoms with E-state index in [4.69, 9.17) is 23.7 Å². The van der Waals surface area contributed by atoms with Crippen LogP contribution in [0.3, 0.4) is 0 Å². The summed E-state index contributed by atoms with van der Waals surface area (Å²) in [7, 11) is 0. The molecule has 1 aliphatic heterocycles. The summed E-state index contributed by atoms with van der Waals surface area (Å²) in [5.41, 5.74) is -0.737. The second-order valence-corrected chi connectivity index (χ2v) is 5.51. The van der Waals surface area contributed by atoms with Crippen LogP contribution < -0.4 is 0 Å². The molecule has 8 heteroatoms. The van der Waals surface area contributed by atoms with Gasteiger partial charge in [-0.1, -0.05) is 0 Å². The predicted octanol–water partition coefficient (Wildman–Crippen LogP) is 0.566. The summed E-state index contributed by atoms with van der Waals surface area (Å²) in [6, 6.07) is 0. The van der Waals surface area contributed by atoms with Gasteiger partial charge in [0.05, 0.1) is 19.8 Å². The van der Waals surface area contributed by atoms with E-state index in [1.54, 1.807) is 34.6 Å². The molecule has 1 aliphatic rings. The van der Waals surface area contributed by atoms with Crippen molar-refractivity contribution in [2.75, 3.05) is 19.8 Å². The van der Waals surface area contributed by atoms with Crippen LogP contribution in [0.5, 0.6) is 0 Å². The van der Waals surface area contributed by atoms with Crippen molar-refractivity contribution >= 4 is 17.9 Å². The molecule has 0 aromatic rings. The molecule has 0 bridgehead atoms. The van der Waals surface area contributed by atoms with E-state index in [1.165, 1.54) is 0 Å². The van der Waals surface area contributed by atoms with Crippen LogP contribution in [0.1, 0.15) is 34.6 Å². The summed E-state index contributed by atoms with van der Waals surface area (Å²) in [5, 5.41) is 0. The standard InChI is InChI=1S/C14H22O8/c1-6-18-11(16)14(12(17)19-7-2)20-8-9(21-14)10(15)22-13(3,4)5/h9H,6-8H2,1-5H3/t9-/m1/s1. The molecule has 1 saturated heterocycles. The maximum Gasteiger partial charge on any atom is 0.379 e. The second-order valence-electron chi connectivity index (χ2n) is 5.51. The molecule has 1 atom stereocenters. The van der Waals surface area contributed by atoms with E-state index in [9.17, 15) is 14.4 Å². The van der Waals surface area contributed by atoms with Crippen molar-refractivity contribution in [2.24, 2.45) is 0 Å². The summed E-state index contributed by atoms with van der Waals surface area (Å²) >= 11 is 0. The summed E-state index contributed by atoms with van der Waals surface area (Å²) < 4.78 is 25.1. The summed E-state index contributed by atoms with van der Waals surface area (Å²) in [4.78, 5) is 36.0. The second kappa shape index (κ2) is 7.06. The van der Waals surface area contributed by atoms with Crippen molar-refractivity contribution in [3.05, 3.63) is 0 Å². The molecule has 1 fully saturated rings. The zero-order valence-corrected chi connectivity index (χ0v) is 13.5. The van der Waals surface area contributed by atoms with E-state index < -0.39 is 35.4 Å². The maximum atomic E-state index is 12.0. The fourth-order valence-electron chi connectivity index (χ4n) is 1.69. The minimum atomic E-state index is -2.38. The Kier molecular flexibility index (Phi) is 5.90. The molecule has 0 radical (unpaired) electrons. The summed E-state index contributed by atoms with van der Waals surface area (Å²) in [6.45, 7) is 7.91. The van der Waals surface area contributed by atoms with Gasteiger partial charge in [-0.2, -0.15) is 0 Å². The van der Waals surface area contributed by atoms with E-state index >= 15 is 0 Å². The first-order valence-corrected chi connectivity index (χ1v) is 7.05. The highest BCUT2D eigenvalue weighted by atomic mass is 16.8. The van der Waals surface area contributed by atoms with Crippen LogP contribution >= 0.6 is 0 Å². The van der Waals surface area contributed by atoms with Gasteiger partial charge in [-0.3, -0.25) is 0 Å².